The zero-order valence-corrected chi connectivity index (χ0v) is 8.65. The number of benzene rings is 1. The first-order valence-corrected chi connectivity index (χ1v) is 4.58. The molecule has 0 radical (unpaired) electrons. The normalized spacial score (nSPS) is 11.9. The van der Waals surface area contributed by atoms with E-state index in [0.29, 0.717) is 10.0 Å². The van der Waals surface area contributed by atoms with E-state index in [1.165, 1.54) is 18.2 Å². The van der Waals surface area contributed by atoms with Crippen LogP contribution in [0.2, 0.25) is 0 Å². The highest BCUT2D eigenvalue weighted by Gasteiger charge is 2.10. The molecule has 0 unspecified atom stereocenters. The minimum absolute atomic E-state index is 0.0687. The molecule has 0 bridgehead atoms. The molecular formula is C8H7BrFN3O. The fourth-order valence-corrected chi connectivity index (χ4v) is 1.60. The minimum atomic E-state index is -0.916. The lowest BCUT2D eigenvalue weighted by Gasteiger charge is -2.09. The molecule has 6 heteroatoms. The van der Waals surface area contributed by atoms with Gasteiger partial charge < -0.3 is 5.11 Å². The number of hydrogen-bond donors (Lipinski definition) is 1. The summed E-state index contributed by atoms with van der Waals surface area (Å²) in [5.41, 5.74) is 8.55. The molecule has 0 spiro atoms. The van der Waals surface area contributed by atoms with Gasteiger partial charge >= 0.3 is 0 Å². The molecule has 4 nitrogen and oxygen atoms in total. The molecule has 0 fully saturated rings. The number of halogens is 2. The first kappa shape index (κ1) is 11.0. The first-order valence-electron chi connectivity index (χ1n) is 3.79. The van der Waals surface area contributed by atoms with E-state index in [1.54, 1.807) is 0 Å². The van der Waals surface area contributed by atoms with E-state index in [-0.39, 0.29) is 6.54 Å². The maximum Gasteiger partial charge on any atom is 0.124 e. The van der Waals surface area contributed by atoms with E-state index in [0.717, 1.165) is 0 Å². The van der Waals surface area contributed by atoms with E-state index in [1.807, 2.05) is 0 Å². The van der Waals surface area contributed by atoms with Crippen LogP contribution in [-0.2, 0) is 0 Å². The molecule has 0 aromatic heterocycles. The maximum atomic E-state index is 12.7. The largest absolute Gasteiger partial charge is 0.388 e. The Morgan fingerprint density at radius 3 is 2.93 bits per heavy atom. The van der Waals surface area contributed by atoms with Gasteiger partial charge in [-0.25, -0.2) is 4.39 Å². The van der Waals surface area contributed by atoms with Crippen molar-refractivity contribution in [1.82, 2.24) is 0 Å². The minimum Gasteiger partial charge on any atom is -0.388 e. The lowest BCUT2D eigenvalue weighted by atomic mass is 10.1. The Labute approximate surface area is 88.1 Å². The Kier molecular flexibility index (Phi) is 3.88. The van der Waals surface area contributed by atoms with Gasteiger partial charge in [0.2, 0.25) is 0 Å². The standard InChI is InChI=1S/C8H7BrFN3O/c9-7-3-5(10)1-2-6(7)8(14)4-12-13-11/h1-3,8,14H,4H2/t8-/m0/s1. The summed E-state index contributed by atoms with van der Waals surface area (Å²) in [7, 11) is 0. The number of aliphatic hydroxyl groups excluding tert-OH is 1. The van der Waals surface area contributed by atoms with Crippen LogP contribution in [0, 0.1) is 5.82 Å². The van der Waals surface area contributed by atoms with Crippen LogP contribution in [0.25, 0.3) is 10.4 Å². The highest BCUT2D eigenvalue weighted by atomic mass is 79.9. The van der Waals surface area contributed by atoms with Crippen LogP contribution < -0.4 is 0 Å². The summed E-state index contributed by atoms with van der Waals surface area (Å²) in [5.74, 6) is -0.392. The smallest absolute Gasteiger partial charge is 0.124 e. The van der Waals surface area contributed by atoms with Gasteiger partial charge in [-0.15, -0.1) is 0 Å². The summed E-state index contributed by atoms with van der Waals surface area (Å²) in [4.78, 5) is 2.52. The highest BCUT2D eigenvalue weighted by molar-refractivity contribution is 9.10. The molecule has 0 saturated heterocycles. The predicted molar refractivity (Wildman–Crippen MR) is 53.1 cm³/mol. The van der Waals surface area contributed by atoms with E-state index in [2.05, 4.69) is 26.0 Å². The molecule has 1 N–H and O–H groups in total. The summed E-state index contributed by atoms with van der Waals surface area (Å²) in [6, 6.07) is 3.92. The van der Waals surface area contributed by atoms with Crippen LogP contribution in [-0.4, -0.2) is 11.7 Å². The molecule has 0 aliphatic heterocycles. The summed E-state index contributed by atoms with van der Waals surface area (Å²) >= 11 is 3.10. The van der Waals surface area contributed by atoms with Crippen LogP contribution in [0.3, 0.4) is 0 Å². The Morgan fingerprint density at radius 2 is 2.36 bits per heavy atom. The third kappa shape index (κ3) is 2.70. The van der Waals surface area contributed by atoms with Crippen molar-refractivity contribution in [2.24, 2.45) is 5.11 Å². The lowest BCUT2D eigenvalue weighted by molar-refractivity contribution is 0.186. The molecule has 1 atom stereocenters. The molecule has 0 amide bonds. The van der Waals surface area contributed by atoms with Gasteiger partial charge in [-0.3, -0.25) is 0 Å². The second-order valence-electron chi connectivity index (χ2n) is 2.60. The average molecular weight is 260 g/mol. The zero-order valence-electron chi connectivity index (χ0n) is 7.06. The van der Waals surface area contributed by atoms with Crippen LogP contribution >= 0.6 is 15.9 Å². The van der Waals surface area contributed by atoms with Crippen LogP contribution in [0.4, 0.5) is 4.39 Å². The van der Waals surface area contributed by atoms with Gasteiger partial charge in [0.25, 0.3) is 0 Å². The Morgan fingerprint density at radius 1 is 1.64 bits per heavy atom. The number of aliphatic hydroxyl groups is 1. The second-order valence-corrected chi connectivity index (χ2v) is 3.45. The molecule has 0 aliphatic carbocycles. The maximum absolute atomic E-state index is 12.7. The van der Waals surface area contributed by atoms with Gasteiger partial charge in [0.1, 0.15) is 5.82 Å². The van der Waals surface area contributed by atoms with Crippen LogP contribution in [0.5, 0.6) is 0 Å². The Balaban J connectivity index is 2.89. The Hall–Kier alpha value is -1.10. The van der Waals surface area contributed by atoms with Gasteiger partial charge in [-0.2, -0.15) is 0 Å². The second kappa shape index (κ2) is 4.95. The van der Waals surface area contributed by atoms with Crippen molar-refractivity contribution >= 4 is 15.9 Å². The molecule has 1 aromatic rings. The number of azide groups is 1. The first-order chi connectivity index (χ1) is 6.65. The zero-order chi connectivity index (χ0) is 10.6. The van der Waals surface area contributed by atoms with Gasteiger partial charge in [0, 0.05) is 9.38 Å². The van der Waals surface area contributed by atoms with Gasteiger partial charge in [0.05, 0.1) is 12.6 Å². The van der Waals surface area contributed by atoms with E-state index < -0.39 is 11.9 Å². The SMILES string of the molecule is [N-]=[N+]=NC[C@H](O)c1ccc(F)cc1Br. The number of rotatable bonds is 3. The molecule has 1 rings (SSSR count). The molecule has 1 aromatic carbocycles. The summed E-state index contributed by atoms with van der Waals surface area (Å²) in [6.07, 6.45) is -0.916. The fourth-order valence-electron chi connectivity index (χ4n) is 0.984. The molecule has 0 heterocycles. The third-order valence-corrected chi connectivity index (χ3v) is 2.33. The van der Waals surface area contributed by atoms with Crippen LogP contribution in [0.1, 0.15) is 11.7 Å². The van der Waals surface area contributed by atoms with Crippen molar-refractivity contribution in [2.45, 2.75) is 6.10 Å². The fraction of sp³-hybridized carbons (Fsp3) is 0.250. The van der Waals surface area contributed by atoms with Crippen molar-refractivity contribution in [1.29, 1.82) is 0 Å². The third-order valence-electron chi connectivity index (χ3n) is 1.64. The quantitative estimate of drug-likeness (QED) is 0.506. The van der Waals surface area contributed by atoms with Crippen molar-refractivity contribution < 1.29 is 9.50 Å². The van der Waals surface area contributed by atoms with Gasteiger partial charge in [-0.1, -0.05) is 27.1 Å². The van der Waals surface area contributed by atoms with Crippen molar-refractivity contribution in [2.75, 3.05) is 6.54 Å². The van der Waals surface area contributed by atoms with Crippen molar-refractivity contribution in [3.63, 3.8) is 0 Å². The molecule has 74 valence electrons. The molecule has 14 heavy (non-hydrogen) atoms. The molecule has 0 aliphatic rings. The highest BCUT2D eigenvalue weighted by Crippen LogP contribution is 2.24. The Bertz CT molecular complexity index is 379. The average Bonchev–Trinajstić information content (AvgIpc) is 2.14. The monoisotopic (exact) mass is 259 g/mol. The lowest BCUT2D eigenvalue weighted by Crippen LogP contribution is -2.01. The summed E-state index contributed by atoms with van der Waals surface area (Å²) < 4.78 is 13.1. The van der Waals surface area contributed by atoms with Crippen molar-refractivity contribution in [3.05, 3.63) is 44.5 Å². The number of hydrogen-bond acceptors (Lipinski definition) is 2. The summed E-state index contributed by atoms with van der Waals surface area (Å²) in [6.45, 7) is -0.0687. The van der Waals surface area contributed by atoms with E-state index in [9.17, 15) is 9.50 Å². The topological polar surface area (TPSA) is 69.0 Å². The molecular weight excluding hydrogens is 253 g/mol. The molecule has 0 saturated carbocycles. The van der Waals surface area contributed by atoms with Gasteiger partial charge in [0.15, 0.2) is 0 Å². The van der Waals surface area contributed by atoms with Gasteiger partial charge in [-0.05, 0) is 23.2 Å². The number of nitrogens with zero attached hydrogens (tertiary/aromatic N) is 3. The van der Waals surface area contributed by atoms with Crippen LogP contribution in [0.15, 0.2) is 27.8 Å². The predicted octanol–water partition coefficient (Wildman–Crippen LogP) is 2.93. The summed E-state index contributed by atoms with van der Waals surface area (Å²) in [5, 5.41) is 12.7. The van der Waals surface area contributed by atoms with E-state index in [4.69, 9.17) is 5.53 Å². The van der Waals surface area contributed by atoms with Crippen molar-refractivity contribution in [3.8, 4) is 0 Å². The van der Waals surface area contributed by atoms with E-state index >= 15 is 0 Å².